The highest BCUT2D eigenvalue weighted by molar-refractivity contribution is 7.80. The molecule has 0 aromatic rings. The fraction of sp³-hybridized carbons (Fsp3) is 0.700. The summed E-state index contributed by atoms with van der Waals surface area (Å²) in [7, 11) is 0. The Labute approximate surface area is 84.9 Å². The zero-order valence-electron chi connectivity index (χ0n) is 7.89. The van der Waals surface area contributed by atoms with E-state index in [4.69, 9.17) is 0 Å². The van der Waals surface area contributed by atoms with Crippen LogP contribution in [-0.2, 0) is 4.79 Å². The number of rotatable bonds is 4. The normalized spacial score (nSPS) is 17.1. The molecule has 0 spiro atoms. The van der Waals surface area contributed by atoms with Gasteiger partial charge in [0, 0.05) is 6.42 Å². The molecule has 72 valence electrons. The van der Waals surface area contributed by atoms with E-state index in [0.29, 0.717) is 13.0 Å². The van der Waals surface area contributed by atoms with Crippen molar-refractivity contribution in [1.29, 1.82) is 0 Å². The van der Waals surface area contributed by atoms with Gasteiger partial charge >= 0.3 is 0 Å². The minimum atomic E-state index is 0.106. The summed E-state index contributed by atoms with van der Waals surface area (Å²) in [6.45, 7) is 2.24. The summed E-state index contributed by atoms with van der Waals surface area (Å²) in [5.41, 5.74) is 0.215. The number of carbonyl (C=O) groups is 1. The lowest BCUT2D eigenvalue weighted by atomic mass is 10.1. The van der Waals surface area contributed by atoms with E-state index in [9.17, 15) is 4.79 Å². The van der Waals surface area contributed by atoms with Gasteiger partial charge < -0.3 is 5.32 Å². The van der Waals surface area contributed by atoms with Crippen molar-refractivity contribution in [1.82, 2.24) is 5.32 Å². The van der Waals surface area contributed by atoms with Crippen molar-refractivity contribution in [2.45, 2.75) is 26.2 Å². The summed E-state index contributed by atoms with van der Waals surface area (Å²) >= 11 is 4.24. The van der Waals surface area contributed by atoms with E-state index >= 15 is 0 Å². The van der Waals surface area contributed by atoms with Gasteiger partial charge in [-0.15, -0.1) is 5.92 Å². The Morgan fingerprint density at radius 3 is 2.77 bits per heavy atom. The smallest absolute Gasteiger partial charge is 0.221 e. The number of hydrogen-bond acceptors (Lipinski definition) is 2. The van der Waals surface area contributed by atoms with Gasteiger partial charge in [0.15, 0.2) is 0 Å². The van der Waals surface area contributed by atoms with E-state index in [-0.39, 0.29) is 11.3 Å². The average molecular weight is 197 g/mol. The molecule has 1 fully saturated rings. The number of amides is 1. The Bertz CT molecular complexity index is 247. The average Bonchev–Trinajstić information content (AvgIpc) is 2.86. The van der Waals surface area contributed by atoms with Crippen molar-refractivity contribution < 1.29 is 4.79 Å². The maximum Gasteiger partial charge on any atom is 0.221 e. The van der Waals surface area contributed by atoms with Crippen LogP contribution in [0.25, 0.3) is 0 Å². The van der Waals surface area contributed by atoms with Crippen LogP contribution in [0.1, 0.15) is 26.2 Å². The van der Waals surface area contributed by atoms with Crippen LogP contribution in [0.2, 0.25) is 0 Å². The lowest BCUT2D eigenvalue weighted by Gasteiger charge is -2.09. The molecule has 1 aliphatic carbocycles. The second kappa shape index (κ2) is 4.57. The zero-order valence-corrected chi connectivity index (χ0v) is 8.79. The molecule has 0 saturated heterocycles. The van der Waals surface area contributed by atoms with Crippen molar-refractivity contribution in [3.8, 4) is 11.8 Å². The van der Waals surface area contributed by atoms with Crippen LogP contribution < -0.4 is 5.32 Å². The Balaban J connectivity index is 2.20. The predicted molar refractivity (Wildman–Crippen MR) is 56.6 cm³/mol. The number of thiol groups is 1. The van der Waals surface area contributed by atoms with Crippen molar-refractivity contribution >= 4 is 18.5 Å². The van der Waals surface area contributed by atoms with E-state index in [1.165, 1.54) is 0 Å². The largest absolute Gasteiger partial charge is 0.345 e. The van der Waals surface area contributed by atoms with E-state index < -0.39 is 0 Å². The Kier molecular flexibility index (Phi) is 3.68. The van der Waals surface area contributed by atoms with Crippen LogP contribution >= 0.6 is 12.6 Å². The molecular formula is C10H15NOS. The summed E-state index contributed by atoms with van der Waals surface area (Å²) in [5, 5.41) is 2.77. The van der Waals surface area contributed by atoms with Crippen molar-refractivity contribution in [3.63, 3.8) is 0 Å². The summed E-state index contributed by atoms with van der Waals surface area (Å²) in [6.07, 6.45) is 2.90. The molecule has 0 radical (unpaired) electrons. The molecule has 0 bridgehead atoms. The van der Waals surface area contributed by atoms with Crippen LogP contribution in [0.5, 0.6) is 0 Å². The Morgan fingerprint density at radius 2 is 2.31 bits per heavy atom. The van der Waals surface area contributed by atoms with E-state index in [1.54, 1.807) is 6.92 Å². The molecule has 3 heteroatoms. The fourth-order valence-electron chi connectivity index (χ4n) is 1.20. The van der Waals surface area contributed by atoms with Gasteiger partial charge in [-0.05, 0) is 30.9 Å². The van der Waals surface area contributed by atoms with E-state index in [0.717, 1.165) is 18.6 Å². The topological polar surface area (TPSA) is 29.1 Å². The van der Waals surface area contributed by atoms with Gasteiger partial charge in [0.1, 0.15) is 0 Å². The minimum Gasteiger partial charge on any atom is -0.345 e. The zero-order chi connectivity index (χ0) is 9.73. The second-order valence-corrected chi connectivity index (χ2v) is 3.85. The maximum atomic E-state index is 11.3. The molecule has 1 amide bonds. The van der Waals surface area contributed by atoms with E-state index in [2.05, 4.69) is 29.8 Å². The van der Waals surface area contributed by atoms with Crippen molar-refractivity contribution in [2.24, 2.45) is 5.41 Å². The molecule has 0 aromatic heterocycles. The maximum absolute atomic E-state index is 11.3. The molecule has 0 aromatic carbocycles. The second-order valence-electron chi connectivity index (χ2n) is 3.54. The highest BCUT2D eigenvalue weighted by Crippen LogP contribution is 2.49. The van der Waals surface area contributed by atoms with E-state index in [1.807, 2.05) is 0 Å². The van der Waals surface area contributed by atoms with Gasteiger partial charge in [-0.2, -0.15) is 12.6 Å². The highest BCUT2D eigenvalue weighted by atomic mass is 32.1. The molecular weight excluding hydrogens is 182 g/mol. The first-order valence-electron chi connectivity index (χ1n) is 4.50. The highest BCUT2D eigenvalue weighted by Gasteiger charge is 2.42. The van der Waals surface area contributed by atoms with Gasteiger partial charge in [-0.3, -0.25) is 4.79 Å². The van der Waals surface area contributed by atoms with Gasteiger partial charge in [0.05, 0.1) is 6.54 Å². The lowest BCUT2D eigenvalue weighted by molar-refractivity contribution is -0.121. The first-order chi connectivity index (χ1) is 6.22. The molecule has 0 atom stereocenters. The van der Waals surface area contributed by atoms with Gasteiger partial charge in [-0.25, -0.2) is 0 Å². The molecule has 1 saturated carbocycles. The first kappa shape index (κ1) is 10.5. The summed E-state index contributed by atoms with van der Waals surface area (Å²) in [6, 6.07) is 0. The van der Waals surface area contributed by atoms with Crippen LogP contribution in [0, 0.1) is 17.3 Å². The Morgan fingerprint density at radius 1 is 1.62 bits per heavy atom. The molecule has 0 unspecified atom stereocenters. The van der Waals surface area contributed by atoms with Crippen LogP contribution in [-0.4, -0.2) is 18.2 Å². The quantitative estimate of drug-likeness (QED) is 0.515. The number of nitrogens with one attached hydrogen (secondary N) is 1. The van der Waals surface area contributed by atoms with Gasteiger partial charge in [0.2, 0.25) is 5.91 Å². The first-order valence-corrected chi connectivity index (χ1v) is 5.13. The predicted octanol–water partition coefficient (Wildman–Crippen LogP) is 1.23. The van der Waals surface area contributed by atoms with Crippen LogP contribution in [0.3, 0.4) is 0 Å². The third-order valence-electron chi connectivity index (χ3n) is 2.38. The van der Waals surface area contributed by atoms with Crippen LogP contribution in [0.4, 0.5) is 0 Å². The third-order valence-corrected chi connectivity index (χ3v) is 3.05. The van der Waals surface area contributed by atoms with Gasteiger partial charge in [0.25, 0.3) is 0 Å². The van der Waals surface area contributed by atoms with Crippen LogP contribution in [0.15, 0.2) is 0 Å². The summed E-state index contributed by atoms with van der Waals surface area (Å²) < 4.78 is 0. The molecule has 1 N–H and O–H groups in total. The number of hydrogen-bond donors (Lipinski definition) is 2. The molecule has 1 rings (SSSR count). The monoisotopic (exact) mass is 197 g/mol. The van der Waals surface area contributed by atoms with Gasteiger partial charge in [-0.1, -0.05) is 5.92 Å². The third kappa shape index (κ3) is 3.31. The summed E-state index contributed by atoms with van der Waals surface area (Å²) in [5.74, 6) is 6.46. The molecule has 0 aliphatic heterocycles. The fourth-order valence-corrected chi connectivity index (χ4v) is 1.63. The summed E-state index contributed by atoms with van der Waals surface area (Å²) in [4.78, 5) is 11.3. The molecule has 13 heavy (non-hydrogen) atoms. The van der Waals surface area contributed by atoms with Crippen molar-refractivity contribution in [2.75, 3.05) is 12.3 Å². The molecule has 2 nitrogen and oxygen atoms in total. The number of carbonyl (C=O) groups excluding carboxylic acids is 1. The molecule has 1 aliphatic rings. The minimum absolute atomic E-state index is 0.106. The lowest BCUT2D eigenvalue weighted by Crippen LogP contribution is -2.26. The SMILES string of the molecule is CC#CCNC(=O)CC1(CS)CC1. The Hall–Kier alpha value is -0.620. The standard InChI is InChI=1S/C10H15NOS/c1-2-3-6-11-9(12)7-10(8-13)4-5-10/h13H,4-8H2,1H3,(H,11,12). The molecule has 0 heterocycles. The van der Waals surface area contributed by atoms with Crippen molar-refractivity contribution in [3.05, 3.63) is 0 Å².